The lowest BCUT2D eigenvalue weighted by atomic mass is 9.92. The molecule has 2 nitrogen and oxygen atoms in total. The summed E-state index contributed by atoms with van der Waals surface area (Å²) in [4.78, 5) is 10.8. The molecule has 2 aliphatic carbocycles. The number of fused-ring (bicyclic) bond motifs is 2. The van der Waals surface area contributed by atoms with Gasteiger partial charge in [-0.3, -0.25) is 0 Å². The fraction of sp³-hybridized carbons (Fsp3) is 0.583. The molecular formula is C12H16O2. The third kappa shape index (κ3) is 1.39. The van der Waals surface area contributed by atoms with Crippen molar-refractivity contribution in [3.8, 4) is 0 Å². The van der Waals surface area contributed by atoms with Gasteiger partial charge in [0.15, 0.2) is 0 Å². The molecule has 1 saturated carbocycles. The zero-order chi connectivity index (χ0) is 10.3. The van der Waals surface area contributed by atoms with Crippen molar-refractivity contribution in [2.75, 3.05) is 0 Å². The van der Waals surface area contributed by atoms with Crippen LogP contribution < -0.4 is 0 Å². The molecule has 2 rings (SSSR count). The highest BCUT2D eigenvalue weighted by Crippen LogP contribution is 2.46. The van der Waals surface area contributed by atoms with Gasteiger partial charge in [0.25, 0.3) is 0 Å². The molecule has 0 aliphatic heterocycles. The van der Waals surface area contributed by atoms with Crippen molar-refractivity contribution in [1.82, 2.24) is 0 Å². The maximum atomic E-state index is 10.8. The zero-order valence-electron chi connectivity index (χ0n) is 8.76. The van der Waals surface area contributed by atoms with Crippen LogP contribution in [0.25, 0.3) is 0 Å². The summed E-state index contributed by atoms with van der Waals surface area (Å²) >= 11 is 0. The Morgan fingerprint density at radius 1 is 1.36 bits per heavy atom. The molecule has 2 aliphatic rings. The van der Waals surface area contributed by atoms with E-state index in [1.807, 2.05) is 6.92 Å². The van der Waals surface area contributed by atoms with E-state index in [1.54, 1.807) is 6.92 Å². The Balaban J connectivity index is 2.33. The predicted molar refractivity (Wildman–Crippen MR) is 55.0 cm³/mol. The number of carboxylic acids is 1. The van der Waals surface area contributed by atoms with Crippen LogP contribution in [0, 0.1) is 5.92 Å². The van der Waals surface area contributed by atoms with E-state index < -0.39 is 5.97 Å². The van der Waals surface area contributed by atoms with Gasteiger partial charge in [-0.05, 0) is 56.6 Å². The van der Waals surface area contributed by atoms with Gasteiger partial charge < -0.3 is 5.11 Å². The SMILES string of the molecule is C/C(C(=O)O)=C(/C)C1=C2CCC(C2)C1. The number of carboxylic acid groups (broad SMARTS) is 1. The summed E-state index contributed by atoms with van der Waals surface area (Å²) in [6, 6.07) is 0. The molecule has 1 N–H and O–H groups in total. The Kier molecular flexibility index (Phi) is 2.22. The Hall–Kier alpha value is -1.05. The quantitative estimate of drug-likeness (QED) is 0.683. The average Bonchev–Trinajstić information content (AvgIpc) is 2.76. The van der Waals surface area contributed by atoms with E-state index in [1.165, 1.54) is 30.4 Å². The first kappa shape index (κ1) is 9.50. The predicted octanol–water partition coefficient (Wildman–Crippen LogP) is 2.91. The summed E-state index contributed by atoms with van der Waals surface area (Å²) in [5.74, 6) is 0.0370. The maximum absolute atomic E-state index is 10.8. The van der Waals surface area contributed by atoms with Gasteiger partial charge in [-0.25, -0.2) is 4.79 Å². The molecular weight excluding hydrogens is 176 g/mol. The number of carbonyl (C=O) groups is 1. The molecule has 0 saturated heterocycles. The van der Waals surface area contributed by atoms with Crippen LogP contribution in [-0.2, 0) is 4.79 Å². The van der Waals surface area contributed by atoms with Crippen LogP contribution in [0.4, 0.5) is 0 Å². The lowest BCUT2D eigenvalue weighted by Gasteiger charge is -2.13. The molecule has 0 heterocycles. The minimum atomic E-state index is -0.779. The van der Waals surface area contributed by atoms with Crippen molar-refractivity contribution < 1.29 is 9.90 Å². The largest absolute Gasteiger partial charge is 0.478 e. The zero-order valence-corrected chi connectivity index (χ0v) is 8.76. The highest BCUT2D eigenvalue weighted by Gasteiger charge is 2.31. The third-order valence-electron chi connectivity index (χ3n) is 3.64. The summed E-state index contributed by atoms with van der Waals surface area (Å²) in [5.41, 5.74) is 4.39. The number of aliphatic carboxylic acids is 1. The van der Waals surface area contributed by atoms with Crippen LogP contribution in [0.2, 0.25) is 0 Å². The molecule has 2 bridgehead atoms. The summed E-state index contributed by atoms with van der Waals surface area (Å²) in [7, 11) is 0. The van der Waals surface area contributed by atoms with E-state index >= 15 is 0 Å². The van der Waals surface area contributed by atoms with Gasteiger partial charge in [-0.2, -0.15) is 0 Å². The molecule has 1 atom stereocenters. The number of rotatable bonds is 2. The standard InChI is InChI=1S/C12H16O2/c1-7(8(2)12(13)14)11-6-9-3-4-10(11)5-9/h9H,3-6H2,1-2H3,(H,13,14)/b8-7+. The molecule has 1 unspecified atom stereocenters. The van der Waals surface area contributed by atoms with Crippen molar-refractivity contribution in [3.05, 3.63) is 22.3 Å². The first-order valence-corrected chi connectivity index (χ1v) is 5.21. The Bertz CT molecular complexity index is 347. The van der Waals surface area contributed by atoms with E-state index in [0.29, 0.717) is 5.57 Å². The smallest absolute Gasteiger partial charge is 0.331 e. The van der Waals surface area contributed by atoms with E-state index in [0.717, 1.165) is 17.9 Å². The van der Waals surface area contributed by atoms with E-state index in [9.17, 15) is 4.79 Å². The maximum Gasteiger partial charge on any atom is 0.331 e. The average molecular weight is 192 g/mol. The molecule has 0 radical (unpaired) electrons. The van der Waals surface area contributed by atoms with Gasteiger partial charge >= 0.3 is 5.97 Å². The van der Waals surface area contributed by atoms with Gasteiger partial charge in [0, 0.05) is 5.57 Å². The number of hydrogen-bond acceptors (Lipinski definition) is 1. The molecule has 0 amide bonds. The summed E-state index contributed by atoms with van der Waals surface area (Å²) in [6.45, 7) is 3.66. The molecule has 0 aromatic rings. The minimum absolute atomic E-state index is 0.514. The van der Waals surface area contributed by atoms with Gasteiger partial charge in [0.2, 0.25) is 0 Å². The lowest BCUT2D eigenvalue weighted by molar-refractivity contribution is -0.132. The summed E-state index contributed by atoms with van der Waals surface area (Å²) in [6.07, 6.45) is 4.85. The molecule has 14 heavy (non-hydrogen) atoms. The summed E-state index contributed by atoms with van der Waals surface area (Å²) in [5, 5.41) is 8.90. The third-order valence-corrected chi connectivity index (χ3v) is 3.64. The Morgan fingerprint density at radius 2 is 2.07 bits per heavy atom. The van der Waals surface area contributed by atoms with Crippen LogP contribution >= 0.6 is 0 Å². The molecule has 2 heteroatoms. The van der Waals surface area contributed by atoms with Crippen LogP contribution in [0.1, 0.15) is 39.5 Å². The van der Waals surface area contributed by atoms with Crippen LogP contribution in [0.5, 0.6) is 0 Å². The first-order valence-electron chi connectivity index (χ1n) is 5.21. The van der Waals surface area contributed by atoms with Crippen LogP contribution in [0.15, 0.2) is 22.3 Å². The van der Waals surface area contributed by atoms with Crippen molar-refractivity contribution >= 4 is 5.97 Å². The van der Waals surface area contributed by atoms with Crippen molar-refractivity contribution in [2.24, 2.45) is 5.92 Å². The summed E-state index contributed by atoms with van der Waals surface area (Å²) < 4.78 is 0. The second-order valence-electron chi connectivity index (χ2n) is 4.45. The topological polar surface area (TPSA) is 37.3 Å². The van der Waals surface area contributed by atoms with Gasteiger partial charge in [0.1, 0.15) is 0 Å². The minimum Gasteiger partial charge on any atom is -0.478 e. The van der Waals surface area contributed by atoms with Gasteiger partial charge in [-0.15, -0.1) is 0 Å². The van der Waals surface area contributed by atoms with Crippen molar-refractivity contribution in [3.63, 3.8) is 0 Å². The van der Waals surface area contributed by atoms with E-state index in [4.69, 9.17) is 5.11 Å². The molecule has 0 spiro atoms. The van der Waals surface area contributed by atoms with Gasteiger partial charge in [-0.1, -0.05) is 5.57 Å². The lowest BCUT2D eigenvalue weighted by Crippen LogP contribution is -2.03. The fourth-order valence-electron chi connectivity index (χ4n) is 2.62. The highest BCUT2D eigenvalue weighted by molar-refractivity contribution is 5.87. The Morgan fingerprint density at radius 3 is 2.50 bits per heavy atom. The number of allylic oxidation sites excluding steroid dienone is 3. The fourth-order valence-corrected chi connectivity index (χ4v) is 2.62. The van der Waals surface area contributed by atoms with E-state index in [2.05, 4.69) is 0 Å². The van der Waals surface area contributed by atoms with E-state index in [-0.39, 0.29) is 0 Å². The monoisotopic (exact) mass is 192 g/mol. The van der Waals surface area contributed by atoms with Crippen molar-refractivity contribution in [1.29, 1.82) is 0 Å². The van der Waals surface area contributed by atoms with Crippen LogP contribution in [-0.4, -0.2) is 11.1 Å². The highest BCUT2D eigenvalue weighted by atomic mass is 16.4. The Labute approximate surface area is 84.3 Å². The first-order chi connectivity index (χ1) is 6.59. The van der Waals surface area contributed by atoms with Gasteiger partial charge in [0.05, 0.1) is 0 Å². The molecule has 76 valence electrons. The number of hydrogen-bond donors (Lipinski definition) is 1. The molecule has 0 aromatic heterocycles. The van der Waals surface area contributed by atoms with Crippen LogP contribution in [0.3, 0.4) is 0 Å². The van der Waals surface area contributed by atoms with Crippen molar-refractivity contribution in [2.45, 2.75) is 39.5 Å². The second-order valence-corrected chi connectivity index (χ2v) is 4.45. The normalized spacial score (nSPS) is 26.9. The molecule has 0 aromatic carbocycles. The molecule has 1 fully saturated rings. The second kappa shape index (κ2) is 3.26.